The molecular formula is C18H19NO3S. The van der Waals surface area contributed by atoms with E-state index in [1.807, 2.05) is 37.3 Å². The Labute approximate surface area is 141 Å². The maximum Gasteiger partial charge on any atom is 0.335 e. The van der Waals surface area contributed by atoms with Crippen molar-refractivity contribution in [3.05, 3.63) is 65.7 Å². The molecule has 0 fully saturated rings. The Morgan fingerprint density at radius 2 is 1.83 bits per heavy atom. The van der Waals surface area contributed by atoms with Crippen molar-refractivity contribution in [3.63, 3.8) is 0 Å². The maximum atomic E-state index is 12.5. The topological polar surface area (TPSA) is 66.4 Å². The van der Waals surface area contributed by atoms with Gasteiger partial charge in [0.15, 0.2) is 0 Å². The molecule has 2 aromatic rings. The summed E-state index contributed by atoms with van der Waals surface area (Å²) < 4.78 is 0. The monoisotopic (exact) mass is 329 g/mol. The summed E-state index contributed by atoms with van der Waals surface area (Å²) in [6, 6.07) is 16.0. The van der Waals surface area contributed by atoms with Gasteiger partial charge in [0, 0.05) is 10.9 Å². The molecule has 0 radical (unpaired) electrons. The van der Waals surface area contributed by atoms with Crippen LogP contribution in [-0.4, -0.2) is 22.2 Å². The SMILES string of the molecule is CC(S)C(Cc1ccccc1)C(=O)Nc1cccc(C(=O)O)c1. The Morgan fingerprint density at radius 1 is 1.13 bits per heavy atom. The first kappa shape index (κ1) is 17.1. The molecular weight excluding hydrogens is 310 g/mol. The number of anilines is 1. The van der Waals surface area contributed by atoms with Crippen LogP contribution < -0.4 is 5.32 Å². The predicted molar refractivity (Wildman–Crippen MR) is 94.1 cm³/mol. The van der Waals surface area contributed by atoms with E-state index < -0.39 is 5.97 Å². The van der Waals surface area contributed by atoms with E-state index in [9.17, 15) is 9.59 Å². The number of benzene rings is 2. The Balaban J connectivity index is 2.12. The van der Waals surface area contributed by atoms with E-state index in [1.165, 1.54) is 12.1 Å². The lowest BCUT2D eigenvalue weighted by atomic mass is 9.95. The zero-order valence-electron chi connectivity index (χ0n) is 12.8. The maximum absolute atomic E-state index is 12.5. The molecule has 1 amide bonds. The molecule has 0 aromatic heterocycles. The summed E-state index contributed by atoms with van der Waals surface area (Å²) in [4.78, 5) is 23.5. The highest BCUT2D eigenvalue weighted by molar-refractivity contribution is 7.81. The van der Waals surface area contributed by atoms with E-state index >= 15 is 0 Å². The fraction of sp³-hybridized carbons (Fsp3) is 0.222. The molecule has 2 atom stereocenters. The third kappa shape index (κ3) is 4.86. The first-order valence-corrected chi connectivity index (χ1v) is 7.85. The summed E-state index contributed by atoms with van der Waals surface area (Å²) >= 11 is 4.43. The quantitative estimate of drug-likeness (QED) is 0.711. The molecule has 2 rings (SSSR count). The minimum atomic E-state index is -1.02. The van der Waals surface area contributed by atoms with Crippen molar-refractivity contribution in [2.75, 3.05) is 5.32 Å². The van der Waals surface area contributed by atoms with E-state index in [1.54, 1.807) is 12.1 Å². The van der Waals surface area contributed by atoms with E-state index in [2.05, 4.69) is 17.9 Å². The molecule has 0 bridgehead atoms. The summed E-state index contributed by atoms with van der Waals surface area (Å²) in [5.41, 5.74) is 1.68. The van der Waals surface area contributed by atoms with Gasteiger partial charge in [-0.3, -0.25) is 4.79 Å². The van der Waals surface area contributed by atoms with Gasteiger partial charge in [0.1, 0.15) is 0 Å². The van der Waals surface area contributed by atoms with Crippen molar-refractivity contribution in [2.45, 2.75) is 18.6 Å². The van der Waals surface area contributed by atoms with E-state index in [0.29, 0.717) is 12.1 Å². The largest absolute Gasteiger partial charge is 0.478 e. The molecule has 5 heteroatoms. The molecule has 0 aliphatic heterocycles. The van der Waals surface area contributed by atoms with Crippen LogP contribution in [-0.2, 0) is 11.2 Å². The molecule has 0 saturated heterocycles. The number of thiol groups is 1. The summed E-state index contributed by atoms with van der Waals surface area (Å²) in [6.45, 7) is 1.88. The number of hydrogen-bond acceptors (Lipinski definition) is 3. The van der Waals surface area contributed by atoms with Gasteiger partial charge >= 0.3 is 5.97 Å². The standard InChI is InChI=1S/C18H19NO3S/c1-12(23)16(10-13-6-3-2-4-7-13)17(20)19-15-9-5-8-14(11-15)18(21)22/h2-9,11-12,16,23H,10H2,1H3,(H,19,20)(H,21,22). The van der Waals surface area contributed by atoms with Crippen molar-refractivity contribution < 1.29 is 14.7 Å². The van der Waals surface area contributed by atoms with Gasteiger partial charge < -0.3 is 10.4 Å². The number of nitrogens with one attached hydrogen (secondary N) is 1. The van der Waals surface area contributed by atoms with Crippen LogP contribution in [0, 0.1) is 5.92 Å². The second-order valence-electron chi connectivity index (χ2n) is 5.41. The summed E-state index contributed by atoms with van der Waals surface area (Å²) in [6.07, 6.45) is 0.579. The number of carboxylic acid groups (broad SMARTS) is 1. The minimum absolute atomic E-state index is 0.127. The molecule has 2 aromatic carbocycles. The predicted octanol–water partition coefficient (Wildman–Crippen LogP) is 3.50. The Bertz CT molecular complexity index is 686. The molecule has 0 heterocycles. The highest BCUT2D eigenvalue weighted by Gasteiger charge is 2.23. The minimum Gasteiger partial charge on any atom is -0.478 e. The van der Waals surface area contributed by atoms with Crippen LogP contribution in [0.1, 0.15) is 22.8 Å². The van der Waals surface area contributed by atoms with Gasteiger partial charge in [-0.2, -0.15) is 12.6 Å². The number of carbonyl (C=O) groups is 2. The highest BCUT2D eigenvalue weighted by atomic mass is 32.1. The molecule has 0 saturated carbocycles. The summed E-state index contributed by atoms with van der Waals surface area (Å²) in [7, 11) is 0. The second kappa shape index (κ2) is 7.83. The van der Waals surface area contributed by atoms with Crippen molar-refractivity contribution in [3.8, 4) is 0 Å². The third-order valence-corrected chi connectivity index (χ3v) is 3.95. The van der Waals surface area contributed by atoms with Crippen molar-refractivity contribution in [2.24, 2.45) is 5.92 Å². The second-order valence-corrected chi connectivity index (χ2v) is 6.23. The van der Waals surface area contributed by atoms with Gasteiger partial charge in [-0.25, -0.2) is 4.79 Å². The van der Waals surface area contributed by atoms with Crippen LogP contribution in [0.3, 0.4) is 0 Å². The van der Waals surface area contributed by atoms with Crippen molar-refractivity contribution >= 4 is 30.2 Å². The fourth-order valence-corrected chi connectivity index (χ4v) is 2.56. The lowest BCUT2D eigenvalue weighted by Gasteiger charge is -2.20. The highest BCUT2D eigenvalue weighted by Crippen LogP contribution is 2.20. The van der Waals surface area contributed by atoms with Crippen LogP contribution in [0.5, 0.6) is 0 Å². The smallest absolute Gasteiger partial charge is 0.335 e. The van der Waals surface area contributed by atoms with Gasteiger partial charge in [0.2, 0.25) is 5.91 Å². The molecule has 0 spiro atoms. The van der Waals surface area contributed by atoms with Gasteiger partial charge in [-0.1, -0.05) is 43.3 Å². The van der Waals surface area contributed by atoms with Gasteiger partial charge in [0.05, 0.1) is 11.5 Å². The molecule has 2 unspecified atom stereocenters. The van der Waals surface area contributed by atoms with Crippen LogP contribution in [0.15, 0.2) is 54.6 Å². The fourth-order valence-electron chi connectivity index (χ4n) is 2.32. The number of carboxylic acids is 1. The average Bonchev–Trinajstić information content (AvgIpc) is 2.53. The third-order valence-electron chi connectivity index (χ3n) is 3.59. The van der Waals surface area contributed by atoms with Gasteiger partial charge in [0.25, 0.3) is 0 Å². The lowest BCUT2D eigenvalue weighted by molar-refractivity contribution is -0.119. The Hall–Kier alpha value is -2.27. The summed E-state index contributed by atoms with van der Waals surface area (Å²) in [5, 5.41) is 11.7. The first-order chi connectivity index (χ1) is 11.0. The number of hydrogen-bond donors (Lipinski definition) is 3. The van der Waals surface area contributed by atoms with E-state index in [-0.39, 0.29) is 22.6 Å². The zero-order valence-corrected chi connectivity index (χ0v) is 13.7. The van der Waals surface area contributed by atoms with Crippen LogP contribution in [0.4, 0.5) is 5.69 Å². The van der Waals surface area contributed by atoms with Crippen LogP contribution in [0.25, 0.3) is 0 Å². The van der Waals surface area contributed by atoms with E-state index in [4.69, 9.17) is 5.11 Å². The lowest BCUT2D eigenvalue weighted by Crippen LogP contribution is -2.30. The molecule has 120 valence electrons. The molecule has 2 N–H and O–H groups in total. The Morgan fingerprint density at radius 3 is 2.43 bits per heavy atom. The van der Waals surface area contributed by atoms with Crippen molar-refractivity contribution in [1.29, 1.82) is 0 Å². The molecule has 4 nitrogen and oxygen atoms in total. The normalized spacial score (nSPS) is 13.1. The molecule has 23 heavy (non-hydrogen) atoms. The van der Waals surface area contributed by atoms with Gasteiger partial charge in [-0.05, 0) is 30.2 Å². The van der Waals surface area contributed by atoms with Crippen LogP contribution in [0.2, 0.25) is 0 Å². The Kier molecular flexibility index (Phi) is 5.82. The van der Waals surface area contributed by atoms with Gasteiger partial charge in [-0.15, -0.1) is 0 Å². The van der Waals surface area contributed by atoms with E-state index in [0.717, 1.165) is 5.56 Å². The first-order valence-electron chi connectivity index (χ1n) is 7.33. The van der Waals surface area contributed by atoms with Crippen LogP contribution >= 0.6 is 12.6 Å². The number of aromatic carboxylic acids is 1. The summed E-state index contributed by atoms with van der Waals surface area (Å²) in [5.74, 6) is -1.50. The zero-order chi connectivity index (χ0) is 16.8. The average molecular weight is 329 g/mol. The molecule has 0 aliphatic carbocycles. The van der Waals surface area contributed by atoms with Crippen molar-refractivity contribution in [1.82, 2.24) is 0 Å². The number of rotatable bonds is 6. The number of amides is 1. The molecule has 0 aliphatic rings. The number of carbonyl (C=O) groups excluding carboxylic acids is 1.